The molecule has 0 bridgehead atoms. The van der Waals surface area contributed by atoms with Crippen LogP contribution in [0.15, 0.2) is 41.8 Å². The SMILES string of the molecule is O=C(CNCC(c1cccs1)N1CCCC1)c1ccc([N+](=O)[O-])cc1. The lowest BCUT2D eigenvalue weighted by molar-refractivity contribution is -0.384. The standard InChI is InChI=1S/C18H21N3O3S/c22-17(14-5-7-15(8-6-14)21(23)24)13-19-12-16(18-4-3-11-25-18)20-9-1-2-10-20/h3-8,11,16,19H,1-2,9-10,12-13H2. The van der Waals surface area contributed by atoms with Gasteiger partial charge in [0.15, 0.2) is 5.78 Å². The molecular formula is C18H21N3O3S. The second-order valence-corrected chi connectivity index (χ2v) is 7.11. The monoisotopic (exact) mass is 359 g/mol. The van der Waals surface area contributed by atoms with Gasteiger partial charge < -0.3 is 5.32 Å². The van der Waals surface area contributed by atoms with Gasteiger partial charge in [-0.1, -0.05) is 6.07 Å². The summed E-state index contributed by atoms with van der Waals surface area (Å²) in [6, 6.07) is 10.3. The number of carbonyl (C=O) groups excluding carboxylic acids is 1. The zero-order chi connectivity index (χ0) is 17.6. The zero-order valence-corrected chi connectivity index (χ0v) is 14.7. The Morgan fingerprint density at radius 3 is 2.56 bits per heavy atom. The minimum atomic E-state index is -0.464. The van der Waals surface area contributed by atoms with E-state index >= 15 is 0 Å². The molecule has 1 fully saturated rings. The van der Waals surface area contributed by atoms with Crippen LogP contribution in [0.3, 0.4) is 0 Å². The van der Waals surface area contributed by atoms with E-state index < -0.39 is 4.92 Å². The lowest BCUT2D eigenvalue weighted by atomic mass is 10.1. The number of nitro groups is 1. The minimum Gasteiger partial charge on any atom is -0.308 e. The second kappa shape index (κ2) is 8.33. The van der Waals surface area contributed by atoms with Gasteiger partial charge in [-0.25, -0.2) is 0 Å². The number of likely N-dealkylation sites (tertiary alicyclic amines) is 1. The molecule has 1 N–H and O–H groups in total. The highest BCUT2D eigenvalue weighted by Gasteiger charge is 2.24. The topological polar surface area (TPSA) is 75.5 Å². The number of rotatable bonds is 8. The molecule has 0 spiro atoms. The highest BCUT2D eigenvalue weighted by molar-refractivity contribution is 7.10. The highest BCUT2D eigenvalue weighted by atomic mass is 32.1. The van der Waals surface area contributed by atoms with Crippen molar-refractivity contribution < 1.29 is 9.72 Å². The molecular weight excluding hydrogens is 338 g/mol. The first-order valence-corrected chi connectivity index (χ1v) is 9.29. The van der Waals surface area contributed by atoms with E-state index in [1.54, 1.807) is 11.3 Å². The lowest BCUT2D eigenvalue weighted by Crippen LogP contribution is -2.35. The maximum Gasteiger partial charge on any atom is 0.269 e. The van der Waals surface area contributed by atoms with Crippen molar-refractivity contribution in [3.63, 3.8) is 0 Å². The summed E-state index contributed by atoms with van der Waals surface area (Å²) in [5.74, 6) is -0.0544. The molecule has 0 aliphatic carbocycles. The molecule has 25 heavy (non-hydrogen) atoms. The van der Waals surface area contributed by atoms with Crippen LogP contribution in [0, 0.1) is 10.1 Å². The first-order chi connectivity index (χ1) is 12.1. The molecule has 3 rings (SSSR count). The first-order valence-electron chi connectivity index (χ1n) is 8.41. The van der Waals surface area contributed by atoms with E-state index in [9.17, 15) is 14.9 Å². The van der Waals surface area contributed by atoms with Crippen LogP contribution in [0.5, 0.6) is 0 Å². The van der Waals surface area contributed by atoms with Crippen molar-refractivity contribution in [2.45, 2.75) is 18.9 Å². The van der Waals surface area contributed by atoms with Crippen molar-refractivity contribution >= 4 is 22.8 Å². The summed E-state index contributed by atoms with van der Waals surface area (Å²) in [5.41, 5.74) is 0.489. The van der Waals surface area contributed by atoms with Crippen molar-refractivity contribution in [2.24, 2.45) is 0 Å². The van der Waals surface area contributed by atoms with Gasteiger partial charge in [0.2, 0.25) is 0 Å². The van der Waals surface area contributed by atoms with E-state index in [1.165, 1.54) is 42.0 Å². The van der Waals surface area contributed by atoms with E-state index in [0.29, 0.717) is 11.6 Å². The van der Waals surface area contributed by atoms with Crippen LogP contribution in [0.25, 0.3) is 0 Å². The third-order valence-corrected chi connectivity index (χ3v) is 5.45. The number of non-ortho nitro benzene ring substituents is 1. The summed E-state index contributed by atoms with van der Waals surface area (Å²) in [6.07, 6.45) is 2.45. The van der Waals surface area contributed by atoms with Crippen LogP contribution in [0.1, 0.15) is 34.1 Å². The predicted octanol–water partition coefficient (Wildman–Crippen LogP) is 3.27. The second-order valence-electron chi connectivity index (χ2n) is 6.13. The Morgan fingerprint density at radius 2 is 1.96 bits per heavy atom. The van der Waals surface area contributed by atoms with E-state index in [-0.39, 0.29) is 18.0 Å². The van der Waals surface area contributed by atoms with Gasteiger partial charge in [0.05, 0.1) is 17.5 Å². The fraction of sp³-hybridized carbons (Fsp3) is 0.389. The van der Waals surface area contributed by atoms with E-state index in [1.807, 2.05) is 0 Å². The van der Waals surface area contributed by atoms with Crippen LogP contribution in [-0.2, 0) is 0 Å². The molecule has 0 saturated carbocycles. The number of Topliss-reactive ketones (excluding diaryl/α,β-unsaturated/α-hetero) is 1. The van der Waals surface area contributed by atoms with Gasteiger partial charge in [0, 0.05) is 29.1 Å². The molecule has 2 aromatic rings. The molecule has 1 aliphatic heterocycles. The fourth-order valence-electron chi connectivity index (χ4n) is 3.14. The maximum absolute atomic E-state index is 12.3. The van der Waals surface area contributed by atoms with Crippen molar-refractivity contribution in [3.05, 3.63) is 62.3 Å². The number of ketones is 1. The quantitative estimate of drug-likeness (QED) is 0.445. The number of hydrogen-bond donors (Lipinski definition) is 1. The largest absolute Gasteiger partial charge is 0.308 e. The number of hydrogen-bond acceptors (Lipinski definition) is 6. The molecule has 2 heterocycles. The van der Waals surface area contributed by atoms with Gasteiger partial charge in [-0.15, -0.1) is 11.3 Å². The molecule has 1 unspecified atom stereocenters. The van der Waals surface area contributed by atoms with Gasteiger partial charge >= 0.3 is 0 Å². The van der Waals surface area contributed by atoms with Gasteiger partial charge in [0.25, 0.3) is 5.69 Å². The van der Waals surface area contributed by atoms with Gasteiger partial charge in [-0.05, 0) is 49.5 Å². The van der Waals surface area contributed by atoms with Crippen molar-refractivity contribution in [1.82, 2.24) is 10.2 Å². The molecule has 0 radical (unpaired) electrons. The molecule has 1 aromatic carbocycles. The zero-order valence-electron chi connectivity index (χ0n) is 13.9. The van der Waals surface area contributed by atoms with Crippen LogP contribution >= 0.6 is 11.3 Å². The summed E-state index contributed by atoms with van der Waals surface area (Å²) in [7, 11) is 0. The Bertz CT molecular complexity index is 710. The Morgan fingerprint density at radius 1 is 1.24 bits per heavy atom. The summed E-state index contributed by atoms with van der Waals surface area (Å²) >= 11 is 1.75. The highest BCUT2D eigenvalue weighted by Crippen LogP contribution is 2.27. The third kappa shape index (κ3) is 4.50. The lowest BCUT2D eigenvalue weighted by Gasteiger charge is -2.26. The molecule has 1 aliphatic rings. The van der Waals surface area contributed by atoms with E-state index in [4.69, 9.17) is 0 Å². The van der Waals surface area contributed by atoms with Gasteiger partial charge in [0.1, 0.15) is 0 Å². The average Bonchev–Trinajstić information content (AvgIpc) is 3.32. The minimum absolute atomic E-state index is 0.00342. The summed E-state index contributed by atoms with van der Waals surface area (Å²) in [4.78, 5) is 26.3. The van der Waals surface area contributed by atoms with Crippen LogP contribution in [0.4, 0.5) is 5.69 Å². The molecule has 1 saturated heterocycles. The maximum atomic E-state index is 12.3. The number of nitrogens with zero attached hydrogens (tertiary/aromatic N) is 2. The molecule has 1 atom stereocenters. The molecule has 0 amide bonds. The Kier molecular flexibility index (Phi) is 5.91. The third-order valence-electron chi connectivity index (χ3n) is 4.48. The Hall–Kier alpha value is -2.09. The number of thiophene rings is 1. The van der Waals surface area contributed by atoms with Crippen LogP contribution < -0.4 is 5.32 Å². The van der Waals surface area contributed by atoms with Crippen molar-refractivity contribution in [2.75, 3.05) is 26.2 Å². The van der Waals surface area contributed by atoms with Crippen molar-refractivity contribution in [1.29, 1.82) is 0 Å². The molecule has 132 valence electrons. The van der Waals surface area contributed by atoms with Gasteiger partial charge in [-0.3, -0.25) is 19.8 Å². The summed E-state index contributed by atoms with van der Waals surface area (Å²) < 4.78 is 0. The number of carbonyl (C=O) groups is 1. The molecule has 6 nitrogen and oxygen atoms in total. The summed E-state index contributed by atoms with van der Waals surface area (Å²) in [6.45, 7) is 3.15. The van der Waals surface area contributed by atoms with Crippen LogP contribution in [0.2, 0.25) is 0 Å². The van der Waals surface area contributed by atoms with Crippen molar-refractivity contribution in [3.8, 4) is 0 Å². The van der Waals surface area contributed by atoms with E-state index in [2.05, 4.69) is 27.7 Å². The fourth-order valence-corrected chi connectivity index (χ4v) is 4.00. The van der Waals surface area contributed by atoms with Gasteiger partial charge in [-0.2, -0.15) is 0 Å². The number of nitrogens with one attached hydrogen (secondary N) is 1. The summed E-state index contributed by atoms with van der Waals surface area (Å²) in [5, 5.41) is 16.0. The molecule has 7 heteroatoms. The van der Waals surface area contributed by atoms with Crippen LogP contribution in [-0.4, -0.2) is 41.8 Å². The number of nitro benzene ring substituents is 1. The average molecular weight is 359 g/mol. The Balaban J connectivity index is 1.56. The van der Waals surface area contributed by atoms with E-state index in [0.717, 1.165) is 19.6 Å². The molecule has 1 aromatic heterocycles. The Labute approximate surface area is 150 Å². The number of benzene rings is 1. The predicted molar refractivity (Wildman–Crippen MR) is 98.2 cm³/mol. The smallest absolute Gasteiger partial charge is 0.269 e. The normalized spacial score (nSPS) is 16.0. The first kappa shape index (κ1) is 17.7.